The molecule has 1 heterocycles. The Balaban J connectivity index is 1.89. The van der Waals surface area contributed by atoms with Gasteiger partial charge in [-0.25, -0.2) is 30.4 Å². The topological polar surface area (TPSA) is 40.6 Å². The van der Waals surface area contributed by atoms with Gasteiger partial charge >= 0.3 is 0 Å². The van der Waals surface area contributed by atoms with Crippen molar-refractivity contribution in [2.75, 3.05) is 31.1 Å². The number of rotatable bonds is 3. The van der Waals surface area contributed by atoms with Gasteiger partial charge in [-0.2, -0.15) is 4.31 Å². The molecule has 1 aliphatic heterocycles. The highest BCUT2D eigenvalue weighted by atomic mass is 32.2. The van der Waals surface area contributed by atoms with Gasteiger partial charge in [-0.05, 0) is 12.1 Å². The molecule has 4 nitrogen and oxygen atoms in total. The molecule has 0 unspecified atom stereocenters. The third-order valence-electron chi connectivity index (χ3n) is 4.13. The average molecular weight is 392 g/mol. The van der Waals surface area contributed by atoms with Crippen molar-refractivity contribution < 1.29 is 30.4 Å². The fourth-order valence-electron chi connectivity index (χ4n) is 2.77. The summed E-state index contributed by atoms with van der Waals surface area (Å²) < 4.78 is 93.1. The summed E-state index contributed by atoms with van der Waals surface area (Å²) in [6.45, 7) is 0.102. The molecule has 0 saturated carbocycles. The first-order valence-corrected chi connectivity index (χ1v) is 9.00. The van der Waals surface area contributed by atoms with E-state index in [4.69, 9.17) is 0 Å². The van der Waals surface area contributed by atoms with Crippen LogP contribution in [0.3, 0.4) is 0 Å². The maximum Gasteiger partial charge on any atom is 0.249 e. The Hall–Kier alpha value is -2.20. The van der Waals surface area contributed by atoms with Crippen molar-refractivity contribution in [1.29, 1.82) is 0 Å². The van der Waals surface area contributed by atoms with Crippen LogP contribution in [0.25, 0.3) is 0 Å². The lowest BCUT2D eigenvalue weighted by atomic mass is 10.2. The fraction of sp³-hybridized carbons (Fsp3) is 0.250. The van der Waals surface area contributed by atoms with Crippen molar-refractivity contribution in [3.05, 3.63) is 59.4 Å². The molecule has 1 aliphatic rings. The molecule has 0 bridgehead atoms. The Morgan fingerprint density at radius 1 is 0.692 bits per heavy atom. The Labute approximate surface area is 146 Å². The lowest BCUT2D eigenvalue weighted by molar-refractivity contribution is 0.344. The van der Waals surface area contributed by atoms with Crippen molar-refractivity contribution in [2.45, 2.75) is 4.90 Å². The van der Waals surface area contributed by atoms with E-state index in [1.54, 1.807) is 12.1 Å². The Kier molecular flexibility index (Phi) is 4.89. The third-order valence-corrected chi connectivity index (χ3v) is 6.05. The SMILES string of the molecule is O=S(=O)(c1c(F)c(F)c(F)c(F)c1F)N1CCN(c2ccccc2)CC1. The second kappa shape index (κ2) is 6.84. The van der Waals surface area contributed by atoms with Crippen molar-refractivity contribution in [2.24, 2.45) is 0 Å². The number of benzene rings is 2. The van der Waals surface area contributed by atoms with Crippen LogP contribution >= 0.6 is 0 Å². The molecule has 0 atom stereocenters. The third kappa shape index (κ3) is 3.03. The number of piperazine rings is 1. The highest BCUT2D eigenvalue weighted by Crippen LogP contribution is 2.29. The molecule has 0 N–H and O–H groups in total. The zero-order valence-corrected chi connectivity index (χ0v) is 14.0. The predicted molar refractivity (Wildman–Crippen MR) is 83.6 cm³/mol. The van der Waals surface area contributed by atoms with E-state index >= 15 is 0 Å². The molecule has 2 aromatic rings. The van der Waals surface area contributed by atoms with Gasteiger partial charge in [0.15, 0.2) is 28.2 Å². The summed E-state index contributed by atoms with van der Waals surface area (Å²) in [5.74, 6) is -11.7. The second-order valence-corrected chi connectivity index (χ2v) is 7.50. The Morgan fingerprint density at radius 2 is 1.15 bits per heavy atom. The van der Waals surface area contributed by atoms with Crippen LogP contribution in [0.5, 0.6) is 0 Å². The summed E-state index contributed by atoms with van der Waals surface area (Å²) in [7, 11) is -4.88. The molecule has 0 spiro atoms. The van der Waals surface area contributed by atoms with Crippen LogP contribution in [-0.2, 0) is 10.0 Å². The summed E-state index contributed by atoms with van der Waals surface area (Å²) in [6.07, 6.45) is 0. The molecule has 1 fully saturated rings. The van der Waals surface area contributed by atoms with Gasteiger partial charge in [-0.1, -0.05) is 18.2 Å². The van der Waals surface area contributed by atoms with Crippen LogP contribution in [0.15, 0.2) is 35.2 Å². The number of para-hydroxylation sites is 1. The van der Waals surface area contributed by atoms with Crippen molar-refractivity contribution in [3.8, 4) is 0 Å². The first-order valence-electron chi connectivity index (χ1n) is 7.56. The van der Waals surface area contributed by atoms with Crippen LogP contribution in [-0.4, -0.2) is 38.9 Å². The van der Waals surface area contributed by atoms with E-state index in [0.717, 1.165) is 5.69 Å². The van der Waals surface area contributed by atoms with Gasteiger partial charge in [0.2, 0.25) is 15.8 Å². The van der Waals surface area contributed by atoms with Crippen LogP contribution in [0.1, 0.15) is 0 Å². The van der Waals surface area contributed by atoms with E-state index in [1.807, 2.05) is 23.1 Å². The van der Waals surface area contributed by atoms with Crippen LogP contribution in [0.4, 0.5) is 27.6 Å². The van der Waals surface area contributed by atoms with Gasteiger partial charge in [0, 0.05) is 31.9 Å². The molecular formula is C16H13F5N2O2S. The van der Waals surface area contributed by atoms with E-state index in [0.29, 0.717) is 4.31 Å². The second-order valence-electron chi connectivity index (χ2n) is 5.63. The quantitative estimate of drug-likeness (QED) is 0.458. The van der Waals surface area contributed by atoms with Crippen molar-refractivity contribution in [3.63, 3.8) is 0 Å². The first kappa shape index (κ1) is 18.6. The van der Waals surface area contributed by atoms with E-state index in [-0.39, 0.29) is 26.2 Å². The minimum absolute atomic E-state index is 0.156. The lowest BCUT2D eigenvalue weighted by Gasteiger charge is -2.35. The zero-order chi connectivity index (χ0) is 19.1. The largest absolute Gasteiger partial charge is 0.369 e. The predicted octanol–water partition coefficient (Wildman–Crippen LogP) is 2.89. The first-order chi connectivity index (χ1) is 12.2. The molecule has 26 heavy (non-hydrogen) atoms. The number of halogens is 5. The average Bonchev–Trinajstić information content (AvgIpc) is 2.65. The standard InChI is InChI=1S/C16H13F5N2O2S/c17-11-12(18)14(20)16(15(21)13(11)19)26(24,25)23-8-6-22(7-9-23)10-4-2-1-3-5-10/h1-5H,6-9H2. The molecule has 140 valence electrons. The Morgan fingerprint density at radius 3 is 1.65 bits per heavy atom. The number of hydrogen-bond donors (Lipinski definition) is 0. The van der Waals surface area contributed by atoms with Crippen LogP contribution < -0.4 is 4.90 Å². The summed E-state index contributed by atoms with van der Waals surface area (Å²) in [5.41, 5.74) is 0.834. The normalized spacial score (nSPS) is 16.1. The summed E-state index contributed by atoms with van der Waals surface area (Å²) in [5, 5.41) is 0. The number of nitrogens with zero attached hydrogens (tertiary/aromatic N) is 2. The number of anilines is 1. The smallest absolute Gasteiger partial charge is 0.249 e. The highest BCUT2D eigenvalue weighted by molar-refractivity contribution is 7.89. The molecule has 1 saturated heterocycles. The van der Waals surface area contributed by atoms with E-state index in [9.17, 15) is 30.4 Å². The zero-order valence-electron chi connectivity index (χ0n) is 13.2. The minimum Gasteiger partial charge on any atom is -0.369 e. The number of hydrogen-bond acceptors (Lipinski definition) is 3. The van der Waals surface area contributed by atoms with Gasteiger partial charge in [-0.15, -0.1) is 0 Å². The number of sulfonamides is 1. The molecule has 0 amide bonds. The molecule has 0 aromatic heterocycles. The summed E-state index contributed by atoms with van der Waals surface area (Å²) >= 11 is 0. The summed E-state index contributed by atoms with van der Waals surface area (Å²) in [4.78, 5) is 0.0342. The molecular weight excluding hydrogens is 379 g/mol. The maximum absolute atomic E-state index is 13.9. The van der Waals surface area contributed by atoms with Gasteiger partial charge < -0.3 is 4.90 Å². The molecule has 2 aromatic carbocycles. The molecule has 0 radical (unpaired) electrons. The van der Waals surface area contributed by atoms with Gasteiger partial charge in [0.05, 0.1) is 0 Å². The van der Waals surface area contributed by atoms with Crippen molar-refractivity contribution >= 4 is 15.7 Å². The van der Waals surface area contributed by atoms with Crippen LogP contribution in [0.2, 0.25) is 0 Å². The van der Waals surface area contributed by atoms with Crippen LogP contribution in [0, 0.1) is 29.1 Å². The molecule has 0 aliphatic carbocycles. The fourth-order valence-corrected chi connectivity index (χ4v) is 4.30. The monoisotopic (exact) mass is 392 g/mol. The summed E-state index contributed by atoms with van der Waals surface area (Å²) in [6, 6.07) is 9.04. The minimum atomic E-state index is -4.88. The van der Waals surface area contributed by atoms with Crippen molar-refractivity contribution in [1.82, 2.24) is 4.31 Å². The maximum atomic E-state index is 13.9. The van der Waals surface area contributed by atoms with Gasteiger partial charge in [0.1, 0.15) is 0 Å². The lowest BCUT2D eigenvalue weighted by Crippen LogP contribution is -2.49. The molecule has 3 rings (SSSR count). The van der Waals surface area contributed by atoms with Gasteiger partial charge in [-0.3, -0.25) is 0 Å². The highest BCUT2D eigenvalue weighted by Gasteiger charge is 2.38. The Bertz CT molecular complexity index is 900. The molecule has 10 heteroatoms. The van der Waals surface area contributed by atoms with E-state index in [1.165, 1.54) is 0 Å². The van der Waals surface area contributed by atoms with E-state index in [2.05, 4.69) is 0 Å². The van der Waals surface area contributed by atoms with Gasteiger partial charge in [0.25, 0.3) is 0 Å². The van der Waals surface area contributed by atoms with E-state index < -0.39 is 44.0 Å².